The number of aryl methyl sites for hydroxylation is 1. The van der Waals surface area contributed by atoms with E-state index in [0.29, 0.717) is 46.3 Å². The molecule has 18 nitrogen and oxygen atoms in total. The van der Waals surface area contributed by atoms with Gasteiger partial charge >= 0.3 is 13.3 Å². The third kappa shape index (κ3) is 10.6. The second kappa shape index (κ2) is 21.8. The minimum absolute atomic E-state index is 0.0715. The van der Waals surface area contributed by atoms with Gasteiger partial charge < -0.3 is 48.1 Å². The summed E-state index contributed by atoms with van der Waals surface area (Å²) in [7, 11) is 0.437. The molecule has 5 aromatic carbocycles. The van der Waals surface area contributed by atoms with E-state index in [1.54, 1.807) is 31.3 Å². The summed E-state index contributed by atoms with van der Waals surface area (Å²) in [6.45, 7) is 1.74. The Bertz CT molecular complexity index is 3180. The van der Waals surface area contributed by atoms with Crippen LogP contribution >= 0.6 is 7.60 Å². The summed E-state index contributed by atoms with van der Waals surface area (Å²) >= 11 is 0. The highest BCUT2D eigenvalue weighted by atomic mass is 31.2. The fourth-order valence-electron chi connectivity index (χ4n) is 9.06. The van der Waals surface area contributed by atoms with Gasteiger partial charge in [-0.3, -0.25) is 13.7 Å². The van der Waals surface area contributed by atoms with Gasteiger partial charge in [-0.05, 0) is 72.1 Å². The summed E-state index contributed by atoms with van der Waals surface area (Å²) in [4.78, 5) is 31.9. The molecule has 375 valence electrons. The van der Waals surface area contributed by atoms with E-state index in [9.17, 15) is 9.36 Å². The third-order valence-electron chi connectivity index (χ3n) is 12.8. The summed E-state index contributed by atoms with van der Waals surface area (Å²) in [6.07, 6.45) is 2.45. The monoisotopic (exact) mass is 1010 g/mol. The number of nitrogens with one attached hydrogen (secondary N) is 2. The molecule has 19 heteroatoms. The molecular weight excluding hydrogens is 952 g/mol. The second-order valence-corrected chi connectivity index (χ2v) is 19.4. The van der Waals surface area contributed by atoms with Gasteiger partial charge in [0.05, 0.1) is 27.2 Å². The highest BCUT2D eigenvalue weighted by Crippen LogP contribution is 2.53. The Labute approximate surface area is 421 Å². The lowest BCUT2D eigenvalue weighted by molar-refractivity contribution is -0.131. The van der Waals surface area contributed by atoms with Crippen LogP contribution in [0.1, 0.15) is 47.6 Å². The highest BCUT2D eigenvalue weighted by molar-refractivity contribution is 7.53. The minimum Gasteiger partial charge on any atom is -0.497 e. The number of methoxy groups -OCH3 is 2. The molecule has 1 unspecified atom stereocenters. The first kappa shape index (κ1) is 49.3. The van der Waals surface area contributed by atoms with Crippen molar-refractivity contribution in [3.8, 4) is 11.5 Å². The average Bonchev–Trinajstić information content (AvgIpc) is 4.20. The summed E-state index contributed by atoms with van der Waals surface area (Å²) in [5.41, 5.74) is 4.04. The Morgan fingerprint density at radius 2 is 1.32 bits per heavy atom. The van der Waals surface area contributed by atoms with E-state index in [-0.39, 0.29) is 13.0 Å². The zero-order valence-electron chi connectivity index (χ0n) is 40.5. The molecular formula is C54H54N8O10P. The normalized spacial score (nSPS) is 19.6. The van der Waals surface area contributed by atoms with Crippen LogP contribution in [0.5, 0.6) is 11.5 Å². The molecule has 2 aliphatic heterocycles. The standard InChI is InChI=1S/C54H54N8O10P/c1-36-31-61(53(63)60-50(36)58-40-16-10-6-11-17-40)47-30-44(45(70-47)32-69-54(37-14-8-5-9-15-37,38-20-24-42(65-2)25-21-38)39-22-26-43(66-3)27-23-39)72-73(64,67-4)35-68-48-29-28-46(71-48)62-34-57-49-51(55-33-56-52(49)62)59-41-18-12-7-13-19-41/h5-27,29,31,33-34,44-48H,28,30,32,35H2,1-4H3,(H,55,56,59)(H,58,60,63)/t44-,45-,46-,47-,48+,73?/m1/s1. The van der Waals surface area contributed by atoms with E-state index < -0.39 is 56.2 Å². The number of aromatic nitrogens is 6. The van der Waals surface area contributed by atoms with Crippen LogP contribution < -0.4 is 25.8 Å². The van der Waals surface area contributed by atoms with Crippen molar-refractivity contribution in [3.05, 3.63) is 198 Å². The lowest BCUT2D eigenvalue weighted by atomic mass is 9.80. The number of nitrogens with zero attached hydrogens (tertiary/aromatic N) is 6. The maximum absolute atomic E-state index is 14.8. The van der Waals surface area contributed by atoms with Crippen molar-refractivity contribution in [3.63, 3.8) is 0 Å². The lowest BCUT2D eigenvalue weighted by Gasteiger charge is -2.37. The predicted octanol–water partition coefficient (Wildman–Crippen LogP) is 9.84. The van der Waals surface area contributed by atoms with Crippen LogP contribution in [-0.4, -0.2) is 81.9 Å². The number of anilines is 4. The predicted molar refractivity (Wildman–Crippen MR) is 273 cm³/mol. The Morgan fingerprint density at radius 1 is 0.712 bits per heavy atom. The van der Waals surface area contributed by atoms with E-state index in [4.69, 9.17) is 37.5 Å². The van der Waals surface area contributed by atoms with Crippen LogP contribution in [0, 0.1) is 13.3 Å². The Kier molecular flexibility index (Phi) is 14.7. The van der Waals surface area contributed by atoms with E-state index in [1.807, 2.05) is 153 Å². The number of imidazole rings is 1. The fraction of sp³-hybridized carbons (Fsp3) is 0.259. The summed E-state index contributed by atoms with van der Waals surface area (Å²) in [5, 5.41) is 6.53. The van der Waals surface area contributed by atoms with Gasteiger partial charge in [0.25, 0.3) is 0 Å². The number of rotatable bonds is 20. The Hall–Kier alpha value is -7.28. The molecule has 6 atom stereocenters. The molecule has 5 heterocycles. The van der Waals surface area contributed by atoms with Crippen LogP contribution in [0.25, 0.3) is 11.2 Å². The van der Waals surface area contributed by atoms with Gasteiger partial charge in [-0.25, -0.2) is 19.7 Å². The maximum atomic E-state index is 14.8. The SMILES string of the molecule is COc1ccc(C(OC[C@H]2O[C@@H](n3cc(C)c(Nc4ccccc4)nc3=O)C[C@H]2OP(=O)(CO[C@@H]2[CH]C[C@H](n3cnc4c(Nc5ccccc5)ncnc43)O2)OC)(c2ccccc2)c2ccc(OC)cc2)cc1. The van der Waals surface area contributed by atoms with E-state index in [1.165, 1.54) is 18.0 Å². The van der Waals surface area contributed by atoms with Crippen LogP contribution in [-0.2, 0) is 38.2 Å². The maximum Gasteiger partial charge on any atom is 0.356 e. The van der Waals surface area contributed by atoms with Crippen LogP contribution in [0.3, 0.4) is 0 Å². The molecule has 73 heavy (non-hydrogen) atoms. The molecule has 1 radical (unpaired) electrons. The first-order valence-corrected chi connectivity index (χ1v) is 25.4. The molecule has 8 aromatic rings. The van der Waals surface area contributed by atoms with Crippen molar-refractivity contribution in [1.29, 1.82) is 0 Å². The van der Waals surface area contributed by atoms with Crippen LogP contribution in [0.15, 0.2) is 163 Å². The highest BCUT2D eigenvalue weighted by Gasteiger charge is 2.46. The van der Waals surface area contributed by atoms with Crippen molar-refractivity contribution >= 4 is 41.8 Å². The van der Waals surface area contributed by atoms with Crippen molar-refractivity contribution in [2.24, 2.45) is 0 Å². The summed E-state index contributed by atoms with van der Waals surface area (Å²) in [6, 6.07) is 44.2. The second-order valence-electron chi connectivity index (χ2n) is 17.3. The minimum atomic E-state index is -4.09. The molecule has 0 aliphatic carbocycles. The smallest absolute Gasteiger partial charge is 0.356 e. The van der Waals surface area contributed by atoms with E-state index in [2.05, 4.69) is 30.6 Å². The quantitative estimate of drug-likeness (QED) is 0.0541. The summed E-state index contributed by atoms with van der Waals surface area (Å²) in [5.74, 6) is 2.28. The van der Waals surface area contributed by atoms with E-state index in [0.717, 1.165) is 28.1 Å². The Morgan fingerprint density at radius 3 is 1.93 bits per heavy atom. The van der Waals surface area contributed by atoms with Crippen molar-refractivity contribution in [2.45, 2.75) is 56.3 Å². The van der Waals surface area contributed by atoms with Gasteiger partial charge in [0.2, 0.25) is 0 Å². The fourth-order valence-corrected chi connectivity index (χ4v) is 10.3. The molecule has 0 bridgehead atoms. The zero-order chi connectivity index (χ0) is 50.4. The number of hydrogen-bond donors (Lipinski definition) is 2. The van der Waals surface area contributed by atoms with Gasteiger partial charge in [0, 0.05) is 49.5 Å². The lowest BCUT2D eigenvalue weighted by Crippen LogP contribution is -2.38. The molecule has 2 fully saturated rings. The van der Waals surface area contributed by atoms with Gasteiger partial charge in [-0.1, -0.05) is 91.0 Å². The number of hydrogen-bond acceptors (Lipinski definition) is 16. The van der Waals surface area contributed by atoms with Crippen LogP contribution in [0.2, 0.25) is 0 Å². The number of benzene rings is 5. The van der Waals surface area contributed by atoms with Gasteiger partial charge in [0.1, 0.15) is 53.9 Å². The van der Waals surface area contributed by atoms with Crippen molar-refractivity contribution in [2.75, 3.05) is 44.9 Å². The number of fused-ring (bicyclic) bond motifs is 1. The molecule has 2 saturated heterocycles. The first-order valence-electron chi connectivity index (χ1n) is 23.6. The molecule has 2 aliphatic rings. The number of ether oxygens (including phenoxy) is 6. The van der Waals surface area contributed by atoms with Crippen molar-refractivity contribution in [1.82, 2.24) is 29.1 Å². The zero-order valence-corrected chi connectivity index (χ0v) is 41.4. The van der Waals surface area contributed by atoms with Crippen molar-refractivity contribution < 1.29 is 42.0 Å². The molecule has 0 saturated carbocycles. The van der Waals surface area contributed by atoms with Gasteiger partial charge in [-0.15, -0.1) is 0 Å². The Balaban J connectivity index is 0.922. The van der Waals surface area contributed by atoms with E-state index >= 15 is 0 Å². The molecule has 3 aromatic heterocycles. The van der Waals surface area contributed by atoms with Crippen LogP contribution in [0.4, 0.5) is 23.0 Å². The average molecular weight is 1010 g/mol. The number of para-hydroxylation sites is 2. The molecule has 2 N–H and O–H groups in total. The third-order valence-corrected chi connectivity index (χ3v) is 14.4. The molecule has 0 amide bonds. The first-order chi connectivity index (χ1) is 35.6. The molecule has 10 rings (SSSR count). The summed E-state index contributed by atoms with van der Waals surface area (Å²) < 4.78 is 67.8. The van der Waals surface area contributed by atoms with Gasteiger partial charge in [0.15, 0.2) is 29.6 Å². The molecule has 0 spiro atoms. The largest absolute Gasteiger partial charge is 0.497 e. The topological polar surface area (TPSA) is 193 Å². The van der Waals surface area contributed by atoms with Gasteiger partial charge in [-0.2, -0.15) is 4.98 Å².